The van der Waals surface area contributed by atoms with Crippen molar-refractivity contribution in [2.75, 3.05) is 19.8 Å². The van der Waals surface area contributed by atoms with Gasteiger partial charge in [0.05, 0.1) is 0 Å². The molecule has 0 rings (SSSR count). The van der Waals surface area contributed by atoms with Crippen LogP contribution in [0.25, 0.3) is 0 Å². The molecule has 0 amide bonds. The van der Waals surface area contributed by atoms with Crippen LogP contribution in [0.15, 0.2) is 0 Å². The molecule has 1 atom stereocenters. The first-order valence-corrected chi connectivity index (χ1v) is 5.69. The number of rotatable bonds is 10. The predicted octanol–water partition coefficient (Wildman–Crippen LogP) is 1.65. The fraction of sp³-hybridized carbons (Fsp3) is 0.909. The Kier molecular flexibility index (Phi) is 9.52. The van der Waals surface area contributed by atoms with Crippen molar-refractivity contribution in [1.29, 1.82) is 0 Å². The topological polar surface area (TPSA) is 58.6 Å². The van der Waals surface area contributed by atoms with Crippen molar-refractivity contribution >= 4 is 5.97 Å². The van der Waals surface area contributed by atoms with Crippen molar-refractivity contribution in [3.05, 3.63) is 0 Å². The van der Waals surface area contributed by atoms with Crippen molar-refractivity contribution < 1.29 is 14.6 Å². The van der Waals surface area contributed by atoms with Crippen molar-refractivity contribution in [1.82, 2.24) is 5.32 Å². The first-order valence-electron chi connectivity index (χ1n) is 5.69. The van der Waals surface area contributed by atoms with Gasteiger partial charge in [-0.05, 0) is 32.7 Å². The SMILES string of the molecule is CCCOCCCNC(C)CCC(=O)O. The highest BCUT2D eigenvalue weighted by Crippen LogP contribution is 1.96. The summed E-state index contributed by atoms with van der Waals surface area (Å²) in [6, 6.07) is 0.271. The van der Waals surface area contributed by atoms with Crippen LogP contribution in [0.3, 0.4) is 0 Å². The van der Waals surface area contributed by atoms with Gasteiger partial charge in [0.2, 0.25) is 0 Å². The summed E-state index contributed by atoms with van der Waals surface area (Å²) in [6.07, 6.45) is 2.96. The summed E-state index contributed by atoms with van der Waals surface area (Å²) in [4.78, 5) is 10.3. The maximum Gasteiger partial charge on any atom is 0.303 e. The fourth-order valence-corrected chi connectivity index (χ4v) is 1.21. The lowest BCUT2D eigenvalue weighted by Gasteiger charge is -2.12. The van der Waals surface area contributed by atoms with Gasteiger partial charge in [0, 0.05) is 25.7 Å². The summed E-state index contributed by atoms with van der Waals surface area (Å²) in [7, 11) is 0. The Balaban J connectivity index is 3.16. The van der Waals surface area contributed by atoms with Crippen LogP contribution in [0.1, 0.15) is 39.5 Å². The van der Waals surface area contributed by atoms with Gasteiger partial charge in [-0.2, -0.15) is 0 Å². The van der Waals surface area contributed by atoms with Gasteiger partial charge in [-0.15, -0.1) is 0 Å². The molecule has 0 aromatic carbocycles. The van der Waals surface area contributed by atoms with Gasteiger partial charge < -0.3 is 15.2 Å². The number of carbonyl (C=O) groups is 1. The lowest BCUT2D eigenvalue weighted by Crippen LogP contribution is -2.28. The number of hydrogen-bond acceptors (Lipinski definition) is 3. The standard InChI is InChI=1S/C11H23NO3/c1-3-8-15-9-4-7-12-10(2)5-6-11(13)14/h10,12H,3-9H2,1-2H3,(H,13,14). The molecular weight excluding hydrogens is 194 g/mol. The number of carboxylic acids is 1. The molecular formula is C11H23NO3. The van der Waals surface area contributed by atoms with Crippen LogP contribution in [0, 0.1) is 0 Å². The molecule has 15 heavy (non-hydrogen) atoms. The normalized spacial score (nSPS) is 12.7. The molecule has 0 spiro atoms. The van der Waals surface area contributed by atoms with Gasteiger partial charge in [-0.1, -0.05) is 6.92 Å². The molecule has 0 aromatic rings. The second-order valence-electron chi connectivity index (χ2n) is 3.75. The number of ether oxygens (including phenoxy) is 1. The van der Waals surface area contributed by atoms with E-state index >= 15 is 0 Å². The summed E-state index contributed by atoms with van der Waals surface area (Å²) < 4.78 is 5.33. The van der Waals surface area contributed by atoms with Crippen LogP contribution in [0.2, 0.25) is 0 Å². The van der Waals surface area contributed by atoms with Crippen molar-refractivity contribution in [2.45, 2.75) is 45.6 Å². The molecule has 2 N–H and O–H groups in total. The third-order valence-electron chi connectivity index (χ3n) is 2.10. The number of nitrogens with one attached hydrogen (secondary N) is 1. The summed E-state index contributed by atoms with van der Waals surface area (Å²) in [5.41, 5.74) is 0. The summed E-state index contributed by atoms with van der Waals surface area (Å²) in [5, 5.41) is 11.8. The maximum absolute atomic E-state index is 10.3. The molecule has 0 aromatic heterocycles. The van der Waals surface area contributed by atoms with E-state index in [0.717, 1.165) is 32.6 Å². The molecule has 0 saturated heterocycles. The molecule has 1 unspecified atom stereocenters. The molecule has 0 saturated carbocycles. The van der Waals surface area contributed by atoms with Crippen LogP contribution in [0.5, 0.6) is 0 Å². The first kappa shape index (κ1) is 14.4. The van der Waals surface area contributed by atoms with E-state index in [0.29, 0.717) is 6.42 Å². The van der Waals surface area contributed by atoms with E-state index in [1.807, 2.05) is 6.92 Å². The zero-order valence-electron chi connectivity index (χ0n) is 9.79. The smallest absolute Gasteiger partial charge is 0.303 e. The molecule has 0 aliphatic heterocycles. The maximum atomic E-state index is 10.3. The Morgan fingerprint density at radius 2 is 2.20 bits per heavy atom. The highest BCUT2D eigenvalue weighted by atomic mass is 16.5. The van der Waals surface area contributed by atoms with Gasteiger partial charge in [0.15, 0.2) is 0 Å². The van der Waals surface area contributed by atoms with Gasteiger partial charge in [-0.25, -0.2) is 0 Å². The average Bonchev–Trinajstić information content (AvgIpc) is 2.20. The number of hydrogen-bond donors (Lipinski definition) is 2. The van der Waals surface area contributed by atoms with E-state index in [4.69, 9.17) is 9.84 Å². The van der Waals surface area contributed by atoms with E-state index in [-0.39, 0.29) is 12.5 Å². The van der Waals surface area contributed by atoms with E-state index in [9.17, 15) is 4.79 Å². The predicted molar refractivity (Wildman–Crippen MR) is 60.1 cm³/mol. The molecule has 0 heterocycles. The average molecular weight is 217 g/mol. The second kappa shape index (κ2) is 9.93. The van der Waals surface area contributed by atoms with Crippen molar-refractivity contribution in [3.8, 4) is 0 Å². The first-order chi connectivity index (χ1) is 7.16. The van der Waals surface area contributed by atoms with Crippen LogP contribution >= 0.6 is 0 Å². The van der Waals surface area contributed by atoms with E-state index in [2.05, 4.69) is 12.2 Å². The monoisotopic (exact) mass is 217 g/mol. The third kappa shape index (κ3) is 11.3. The van der Waals surface area contributed by atoms with Crippen LogP contribution in [-0.4, -0.2) is 36.9 Å². The van der Waals surface area contributed by atoms with E-state index in [1.165, 1.54) is 0 Å². The molecule has 0 bridgehead atoms. The Labute approximate surface area is 92.0 Å². The molecule has 90 valence electrons. The summed E-state index contributed by atoms with van der Waals surface area (Å²) in [6.45, 7) is 6.60. The van der Waals surface area contributed by atoms with Gasteiger partial charge in [0.1, 0.15) is 0 Å². The van der Waals surface area contributed by atoms with Crippen molar-refractivity contribution in [3.63, 3.8) is 0 Å². The number of carboxylic acid groups (broad SMARTS) is 1. The van der Waals surface area contributed by atoms with Crippen molar-refractivity contribution in [2.24, 2.45) is 0 Å². The fourth-order valence-electron chi connectivity index (χ4n) is 1.21. The molecule has 0 aliphatic carbocycles. The zero-order chi connectivity index (χ0) is 11.5. The van der Waals surface area contributed by atoms with E-state index < -0.39 is 5.97 Å². The zero-order valence-corrected chi connectivity index (χ0v) is 9.79. The summed E-state index contributed by atoms with van der Waals surface area (Å²) >= 11 is 0. The summed E-state index contributed by atoms with van der Waals surface area (Å²) in [5.74, 6) is -0.727. The van der Waals surface area contributed by atoms with E-state index in [1.54, 1.807) is 0 Å². The molecule has 4 nitrogen and oxygen atoms in total. The Morgan fingerprint density at radius 1 is 1.47 bits per heavy atom. The van der Waals surface area contributed by atoms with Gasteiger partial charge in [0.25, 0.3) is 0 Å². The Morgan fingerprint density at radius 3 is 2.80 bits per heavy atom. The molecule has 0 aliphatic rings. The number of aliphatic carboxylic acids is 1. The Bertz CT molecular complexity index is 162. The van der Waals surface area contributed by atoms with Gasteiger partial charge in [-0.3, -0.25) is 4.79 Å². The lowest BCUT2D eigenvalue weighted by molar-refractivity contribution is -0.137. The quantitative estimate of drug-likeness (QED) is 0.546. The lowest BCUT2D eigenvalue weighted by atomic mass is 10.2. The minimum absolute atomic E-state index is 0.237. The minimum atomic E-state index is -0.727. The van der Waals surface area contributed by atoms with Gasteiger partial charge >= 0.3 is 5.97 Å². The minimum Gasteiger partial charge on any atom is -0.481 e. The van der Waals surface area contributed by atoms with Crippen LogP contribution in [0.4, 0.5) is 0 Å². The molecule has 0 radical (unpaired) electrons. The molecule has 4 heteroatoms. The molecule has 0 fully saturated rings. The highest BCUT2D eigenvalue weighted by molar-refractivity contribution is 5.66. The third-order valence-corrected chi connectivity index (χ3v) is 2.10. The van der Waals surface area contributed by atoms with Crippen LogP contribution in [-0.2, 0) is 9.53 Å². The largest absolute Gasteiger partial charge is 0.481 e. The highest BCUT2D eigenvalue weighted by Gasteiger charge is 2.03. The second-order valence-corrected chi connectivity index (χ2v) is 3.75. The van der Waals surface area contributed by atoms with Crippen LogP contribution < -0.4 is 5.32 Å². The Hall–Kier alpha value is -0.610.